The Labute approximate surface area is 218 Å². The maximum atomic E-state index is 14.3. The lowest BCUT2D eigenvalue weighted by molar-refractivity contribution is -0.119. The summed E-state index contributed by atoms with van der Waals surface area (Å²) in [6, 6.07) is 6.15. The van der Waals surface area contributed by atoms with Gasteiger partial charge in [0.15, 0.2) is 0 Å². The second kappa shape index (κ2) is 11.4. The summed E-state index contributed by atoms with van der Waals surface area (Å²) in [4.78, 5) is 28.2. The number of aromatic amines is 1. The van der Waals surface area contributed by atoms with Crippen LogP contribution in [0.4, 0.5) is 0 Å². The highest BCUT2D eigenvalue weighted by atomic mass is 32.2. The van der Waals surface area contributed by atoms with E-state index < -0.39 is 27.4 Å². The third-order valence-electron chi connectivity index (χ3n) is 7.42. The van der Waals surface area contributed by atoms with Crippen molar-refractivity contribution in [1.82, 2.24) is 29.9 Å². The molecule has 1 amide bonds. The fraction of sp³-hybridized carbons (Fsp3) is 0.538. The van der Waals surface area contributed by atoms with Gasteiger partial charge in [0.1, 0.15) is 11.2 Å². The molecule has 1 saturated carbocycles. The lowest BCUT2D eigenvalue weighted by Crippen LogP contribution is -2.54. The van der Waals surface area contributed by atoms with Gasteiger partial charge in [-0.25, -0.2) is 8.42 Å². The smallest absolute Gasteiger partial charge is 0.251 e. The Morgan fingerprint density at radius 2 is 1.97 bits per heavy atom. The van der Waals surface area contributed by atoms with E-state index in [9.17, 15) is 18.5 Å². The summed E-state index contributed by atoms with van der Waals surface area (Å²) in [6.45, 7) is 1.35. The lowest BCUT2D eigenvalue weighted by Gasteiger charge is -2.38. The fourth-order valence-corrected chi connectivity index (χ4v) is 6.05. The van der Waals surface area contributed by atoms with Gasteiger partial charge >= 0.3 is 0 Å². The van der Waals surface area contributed by atoms with Crippen molar-refractivity contribution in [3.63, 3.8) is 0 Å². The lowest BCUT2D eigenvalue weighted by atomic mass is 9.73. The van der Waals surface area contributed by atoms with E-state index in [2.05, 4.69) is 36.0 Å². The summed E-state index contributed by atoms with van der Waals surface area (Å²) in [7, 11) is -1.79. The number of nitriles is 1. The zero-order chi connectivity index (χ0) is 26.5. The number of sulfonamides is 1. The van der Waals surface area contributed by atoms with Crippen molar-refractivity contribution in [2.45, 2.75) is 56.4 Å². The summed E-state index contributed by atoms with van der Waals surface area (Å²) < 4.78 is 27.8. The first-order chi connectivity index (χ1) is 17.7. The Morgan fingerprint density at radius 1 is 1.24 bits per heavy atom. The molecule has 2 fully saturated rings. The van der Waals surface area contributed by atoms with Crippen molar-refractivity contribution in [1.29, 1.82) is 5.26 Å². The van der Waals surface area contributed by atoms with E-state index in [-0.39, 0.29) is 22.9 Å². The molecule has 1 unspecified atom stereocenters. The molecule has 3 N–H and O–H groups in total. The van der Waals surface area contributed by atoms with E-state index in [1.807, 2.05) is 19.2 Å². The Balaban J connectivity index is 1.91. The van der Waals surface area contributed by atoms with Crippen molar-refractivity contribution < 1.29 is 13.2 Å². The topological polar surface area (TPSA) is 144 Å². The van der Waals surface area contributed by atoms with Crippen LogP contribution in [0.3, 0.4) is 0 Å². The molecule has 1 aliphatic heterocycles. The number of hydrogen-bond donors (Lipinski definition) is 3. The van der Waals surface area contributed by atoms with Crippen LogP contribution >= 0.6 is 0 Å². The van der Waals surface area contributed by atoms with E-state index in [0.717, 1.165) is 44.1 Å². The van der Waals surface area contributed by atoms with Crippen LogP contribution in [0, 0.1) is 17.2 Å². The van der Waals surface area contributed by atoms with Crippen LogP contribution < -0.4 is 10.0 Å². The number of likely N-dealkylation sites (tertiary alicyclic amines) is 1. The summed E-state index contributed by atoms with van der Waals surface area (Å²) in [5.41, 5.74) is 0.386. The van der Waals surface area contributed by atoms with E-state index in [0.29, 0.717) is 25.9 Å². The number of rotatable bonds is 8. The van der Waals surface area contributed by atoms with Crippen LogP contribution in [0.1, 0.15) is 62.3 Å². The molecule has 3 heterocycles. The molecule has 10 nitrogen and oxygen atoms in total. The molecule has 11 heteroatoms. The first-order valence-electron chi connectivity index (χ1n) is 12.8. The molecule has 0 radical (unpaired) electrons. The average molecular weight is 526 g/mol. The first kappa shape index (κ1) is 26.8. The van der Waals surface area contributed by atoms with Crippen LogP contribution in [0.25, 0.3) is 5.70 Å². The largest absolute Gasteiger partial charge is 0.364 e. The maximum Gasteiger partial charge on any atom is 0.251 e. The zero-order valence-corrected chi connectivity index (χ0v) is 22.2. The highest BCUT2D eigenvalue weighted by molar-refractivity contribution is 7.89. The zero-order valence-electron chi connectivity index (χ0n) is 21.4. The van der Waals surface area contributed by atoms with E-state index in [4.69, 9.17) is 0 Å². The number of carbonyl (C=O) groups excluding carboxylic acids is 1. The number of nitrogens with zero attached hydrogens (tertiary/aromatic N) is 4. The number of amides is 1. The van der Waals surface area contributed by atoms with Gasteiger partial charge in [0.2, 0.25) is 10.0 Å². The van der Waals surface area contributed by atoms with Gasteiger partial charge in [0, 0.05) is 43.3 Å². The van der Waals surface area contributed by atoms with Crippen molar-refractivity contribution >= 4 is 21.6 Å². The van der Waals surface area contributed by atoms with Crippen LogP contribution in [0.15, 0.2) is 42.5 Å². The van der Waals surface area contributed by atoms with Gasteiger partial charge in [0.25, 0.3) is 5.91 Å². The molecule has 2 aliphatic rings. The Morgan fingerprint density at radius 3 is 2.54 bits per heavy atom. The summed E-state index contributed by atoms with van der Waals surface area (Å²) in [6.07, 6.45) is 13.2. The molecule has 198 valence electrons. The summed E-state index contributed by atoms with van der Waals surface area (Å²) in [5.74, 6) is -0.784. The van der Waals surface area contributed by atoms with E-state index in [1.165, 1.54) is 18.6 Å². The summed E-state index contributed by atoms with van der Waals surface area (Å²) >= 11 is 0. The molecule has 0 aromatic carbocycles. The predicted molar refractivity (Wildman–Crippen MR) is 140 cm³/mol. The van der Waals surface area contributed by atoms with Crippen LogP contribution in [0.2, 0.25) is 0 Å². The van der Waals surface area contributed by atoms with Crippen LogP contribution in [-0.2, 0) is 14.8 Å². The first-order valence-corrected chi connectivity index (χ1v) is 14.6. The maximum absolute atomic E-state index is 14.3. The van der Waals surface area contributed by atoms with Crippen molar-refractivity contribution in [2.75, 3.05) is 26.4 Å². The monoisotopic (exact) mass is 525 g/mol. The molecule has 1 aliphatic carbocycles. The second-order valence-corrected chi connectivity index (χ2v) is 12.0. The highest BCUT2D eigenvalue weighted by Gasteiger charge is 2.41. The van der Waals surface area contributed by atoms with E-state index >= 15 is 0 Å². The quantitative estimate of drug-likeness (QED) is 0.449. The van der Waals surface area contributed by atoms with Gasteiger partial charge in [-0.15, -0.1) is 0 Å². The van der Waals surface area contributed by atoms with Crippen molar-refractivity contribution in [2.24, 2.45) is 5.92 Å². The van der Waals surface area contributed by atoms with Gasteiger partial charge in [-0.3, -0.25) is 19.5 Å². The number of H-pyrrole nitrogens is 1. The normalized spacial score (nSPS) is 20.4. The molecule has 1 saturated heterocycles. The number of nitrogens with one attached hydrogen (secondary N) is 3. The molecule has 2 aromatic rings. The van der Waals surface area contributed by atoms with Gasteiger partial charge in [-0.1, -0.05) is 19.3 Å². The molecule has 37 heavy (non-hydrogen) atoms. The number of aromatic nitrogens is 3. The van der Waals surface area contributed by atoms with Gasteiger partial charge in [-0.05, 0) is 50.8 Å². The molecule has 0 bridgehead atoms. The average Bonchev–Trinajstić information content (AvgIpc) is 3.42. The van der Waals surface area contributed by atoms with Crippen molar-refractivity contribution in [3.05, 3.63) is 53.9 Å². The molecule has 4 rings (SSSR count). The van der Waals surface area contributed by atoms with Gasteiger partial charge < -0.3 is 15.2 Å². The Kier molecular flexibility index (Phi) is 8.29. The summed E-state index contributed by atoms with van der Waals surface area (Å²) in [5, 5.41) is 13.2. The molecule has 2 aromatic heterocycles. The fourth-order valence-electron chi connectivity index (χ4n) is 5.47. The third kappa shape index (κ3) is 6.56. The van der Waals surface area contributed by atoms with Crippen LogP contribution in [-0.4, -0.2) is 66.1 Å². The standard InChI is InChI=1S/C26H35N7O3S/c1-33-15-10-26(18-27,11-16-33)31-25(34)23(24(32-37(2,35)36)21-17-28-13-14-30-21)22(20-9-6-12-29-20)19-7-4-3-5-8-19/h6,9,12-14,17,19,22,29,32H,3-5,7-8,10-11,15-16H2,1-2H3,(H,31,34). The van der Waals surface area contributed by atoms with Gasteiger partial charge in [-0.2, -0.15) is 5.26 Å². The Bertz CT molecular complexity index is 1240. The molecule has 0 spiro atoms. The number of piperidine rings is 1. The third-order valence-corrected chi connectivity index (χ3v) is 7.99. The molecular weight excluding hydrogens is 490 g/mol. The minimum Gasteiger partial charge on any atom is -0.364 e. The molecular formula is C26H35N7O3S. The SMILES string of the molecule is CN1CCC(C#N)(NC(=O)C(=C(NS(C)(=O)=O)c2cnccn2)C(c2ccc[nH]2)C2CCCCC2)CC1. The number of carbonyl (C=O) groups is 1. The molecule has 1 atom stereocenters. The van der Waals surface area contributed by atoms with Crippen molar-refractivity contribution in [3.8, 4) is 6.07 Å². The minimum absolute atomic E-state index is 0.0966. The Hall–Kier alpha value is -3.23. The minimum atomic E-state index is -3.78. The highest BCUT2D eigenvalue weighted by Crippen LogP contribution is 2.42. The van der Waals surface area contributed by atoms with Crippen LogP contribution in [0.5, 0.6) is 0 Å². The second-order valence-electron chi connectivity index (χ2n) is 10.2. The van der Waals surface area contributed by atoms with Gasteiger partial charge in [0.05, 0.1) is 29.8 Å². The van der Waals surface area contributed by atoms with E-state index in [1.54, 1.807) is 6.20 Å². The predicted octanol–water partition coefficient (Wildman–Crippen LogP) is 2.53. The number of hydrogen-bond acceptors (Lipinski definition) is 7.